The minimum absolute atomic E-state index is 0. The van der Waals surface area contributed by atoms with Gasteiger partial charge in [0, 0.05) is 75.6 Å². The molecule has 4 heterocycles. The first-order valence-corrected chi connectivity index (χ1v) is 16.3. The third kappa shape index (κ3) is 7.57. The van der Waals surface area contributed by atoms with Crippen LogP contribution in [0.4, 0.5) is 0 Å². The number of piperazine rings is 2. The number of benzene rings is 2. The molecule has 7 rings (SSSR count). The normalized spacial score (nSPS) is 19.5. The van der Waals surface area contributed by atoms with Crippen LogP contribution in [0.15, 0.2) is 79.3 Å². The summed E-state index contributed by atoms with van der Waals surface area (Å²) >= 11 is 0. The molecule has 4 aromatic rings. The van der Waals surface area contributed by atoms with Crippen LogP contribution < -0.4 is 9.47 Å². The molecule has 0 spiro atoms. The summed E-state index contributed by atoms with van der Waals surface area (Å²) in [5.41, 5.74) is 3.81. The van der Waals surface area contributed by atoms with Crippen LogP contribution in [0.3, 0.4) is 0 Å². The molecular formula is C36H43Cl2N7O3. The average molecular weight is 693 g/mol. The smallest absolute Gasteiger partial charge is 0.274 e. The number of amides is 1. The van der Waals surface area contributed by atoms with Crippen LogP contribution in [0.1, 0.15) is 64.6 Å². The molecule has 2 unspecified atom stereocenters. The molecule has 2 saturated heterocycles. The van der Waals surface area contributed by atoms with Gasteiger partial charge in [-0.1, -0.05) is 60.7 Å². The van der Waals surface area contributed by atoms with Crippen LogP contribution in [-0.4, -0.2) is 99.1 Å². The molecule has 3 aliphatic rings. The van der Waals surface area contributed by atoms with E-state index in [1.165, 1.54) is 11.1 Å². The molecule has 1 saturated carbocycles. The zero-order valence-electron chi connectivity index (χ0n) is 27.4. The van der Waals surface area contributed by atoms with E-state index in [0.29, 0.717) is 49.6 Å². The molecule has 12 heteroatoms. The highest BCUT2D eigenvalue weighted by Gasteiger charge is 2.44. The van der Waals surface area contributed by atoms with Gasteiger partial charge < -0.3 is 14.4 Å². The lowest BCUT2D eigenvalue weighted by atomic mass is 9.81. The van der Waals surface area contributed by atoms with Gasteiger partial charge in [-0.05, 0) is 30.9 Å². The van der Waals surface area contributed by atoms with Crippen molar-refractivity contribution >= 4 is 30.7 Å². The van der Waals surface area contributed by atoms with Crippen molar-refractivity contribution in [2.24, 2.45) is 0 Å². The summed E-state index contributed by atoms with van der Waals surface area (Å²) in [6, 6.07) is 21.9. The van der Waals surface area contributed by atoms with E-state index in [-0.39, 0.29) is 48.7 Å². The Morgan fingerprint density at radius 2 is 1.58 bits per heavy atom. The summed E-state index contributed by atoms with van der Waals surface area (Å²) in [5.74, 6) is 2.45. The molecule has 3 fully saturated rings. The van der Waals surface area contributed by atoms with E-state index in [1.54, 1.807) is 25.7 Å². The topological polar surface area (TPSA) is 96.8 Å². The standard InChI is InChI=1S/C36H41N7O3.2ClH/c1-3-46-35-29(34(45-2)39-33(40-35)27-14-15-27)23-41-21-28-22-42(36(44)30-20-37-16-17-38-30)18-19-43(28)31(24-41)32(25-10-6-4-7-11-25)26-12-8-5-9-13-26;;/h4-13,16-17,20,27-28,31-32H,3,14-15,18-19,21-24H2,1-2H3;2*1H. The van der Waals surface area contributed by atoms with Crippen molar-refractivity contribution in [3.05, 3.63) is 107 Å². The van der Waals surface area contributed by atoms with E-state index in [9.17, 15) is 4.79 Å². The molecule has 0 radical (unpaired) electrons. The number of halogens is 2. The molecule has 48 heavy (non-hydrogen) atoms. The lowest BCUT2D eigenvalue weighted by Crippen LogP contribution is -2.67. The van der Waals surface area contributed by atoms with Gasteiger partial charge in [0.25, 0.3) is 5.91 Å². The highest BCUT2D eigenvalue weighted by atomic mass is 35.5. The fourth-order valence-electron chi connectivity index (χ4n) is 7.12. The molecule has 0 N–H and O–H groups in total. The SMILES string of the molecule is CCOc1nc(C2CC2)nc(OC)c1CN1CC2CN(C(=O)c3cnccn3)CCN2C(C(c2ccccc2)c2ccccc2)C1.Cl.Cl. The van der Waals surface area contributed by atoms with E-state index in [4.69, 9.17) is 19.4 Å². The van der Waals surface area contributed by atoms with Crippen LogP contribution in [0.25, 0.3) is 0 Å². The summed E-state index contributed by atoms with van der Waals surface area (Å²) in [5, 5.41) is 0. The predicted octanol–water partition coefficient (Wildman–Crippen LogP) is 5.24. The quantitative estimate of drug-likeness (QED) is 0.221. The van der Waals surface area contributed by atoms with E-state index >= 15 is 0 Å². The number of methoxy groups -OCH3 is 1. The van der Waals surface area contributed by atoms with Crippen molar-refractivity contribution < 1.29 is 14.3 Å². The molecule has 2 aromatic carbocycles. The number of rotatable bonds is 10. The van der Waals surface area contributed by atoms with Crippen molar-refractivity contribution in [3.8, 4) is 11.8 Å². The van der Waals surface area contributed by atoms with Crippen LogP contribution in [0.5, 0.6) is 11.8 Å². The fraction of sp³-hybridized carbons (Fsp3) is 0.417. The molecule has 10 nitrogen and oxygen atoms in total. The molecular weight excluding hydrogens is 649 g/mol. The van der Waals surface area contributed by atoms with Gasteiger partial charge in [0.05, 0.1) is 25.5 Å². The zero-order valence-corrected chi connectivity index (χ0v) is 29.0. The fourth-order valence-corrected chi connectivity index (χ4v) is 7.12. The molecule has 2 aromatic heterocycles. The van der Waals surface area contributed by atoms with Gasteiger partial charge >= 0.3 is 0 Å². The minimum Gasteiger partial charge on any atom is -0.481 e. The summed E-state index contributed by atoms with van der Waals surface area (Å²) in [7, 11) is 1.68. The number of fused-ring (bicyclic) bond motifs is 1. The van der Waals surface area contributed by atoms with Crippen LogP contribution in [-0.2, 0) is 6.54 Å². The van der Waals surface area contributed by atoms with E-state index in [0.717, 1.165) is 43.9 Å². The highest BCUT2D eigenvalue weighted by Crippen LogP contribution is 2.41. The maximum Gasteiger partial charge on any atom is 0.274 e. The monoisotopic (exact) mass is 691 g/mol. The second kappa shape index (κ2) is 16.0. The lowest BCUT2D eigenvalue weighted by molar-refractivity contribution is -0.0293. The van der Waals surface area contributed by atoms with Gasteiger partial charge in [0.15, 0.2) is 0 Å². The lowest BCUT2D eigenvalue weighted by Gasteiger charge is -2.53. The first kappa shape index (κ1) is 35.5. The first-order chi connectivity index (χ1) is 22.6. The third-order valence-electron chi connectivity index (χ3n) is 9.39. The van der Waals surface area contributed by atoms with Crippen molar-refractivity contribution in [1.29, 1.82) is 0 Å². The molecule has 1 aliphatic carbocycles. The summed E-state index contributed by atoms with van der Waals surface area (Å²) in [4.78, 5) is 38.8. The predicted molar refractivity (Wildman–Crippen MR) is 188 cm³/mol. The van der Waals surface area contributed by atoms with Crippen LogP contribution >= 0.6 is 24.8 Å². The van der Waals surface area contributed by atoms with Crippen LogP contribution in [0.2, 0.25) is 0 Å². The number of carbonyl (C=O) groups excluding carboxylic acids is 1. The second-order valence-electron chi connectivity index (χ2n) is 12.4. The Kier molecular flexibility index (Phi) is 11.9. The second-order valence-corrected chi connectivity index (χ2v) is 12.4. The van der Waals surface area contributed by atoms with Gasteiger partial charge in [0.2, 0.25) is 11.8 Å². The van der Waals surface area contributed by atoms with Gasteiger partial charge in [-0.2, -0.15) is 9.97 Å². The van der Waals surface area contributed by atoms with Crippen LogP contribution in [0, 0.1) is 0 Å². The van der Waals surface area contributed by atoms with E-state index in [2.05, 4.69) is 80.4 Å². The molecule has 254 valence electrons. The third-order valence-corrected chi connectivity index (χ3v) is 9.39. The Bertz CT molecular complexity index is 1590. The Labute approximate surface area is 294 Å². The van der Waals surface area contributed by atoms with Crippen molar-refractivity contribution in [1.82, 2.24) is 34.6 Å². The Morgan fingerprint density at radius 1 is 0.896 bits per heavy atom. The van der Waals surface area contributed by atoms with Gasteiger partial charge in [0.1, 0.15) is 11.5 Å². The Morgan fingerprint density at radius 3 is 2.19 bits per heavy atom. The van der Waals surface area contributed by atoms with E-state index in [1.807, 2.05) is 11.8 Å². The molecule has 2 atom stereocenters. The highest BCUT2D eigenvalue weighted by molar-refractivity contribution is 5.92. The first-order valence-electron chi connectivity index (χ1n) is 16.3. The maximum atomic E-state index is 13.5. The zero-order chi connectivity index (χ0) is 31.5. The average Bonchev–Trinajstić information content (AvgIpc) is 3.96. The van der Waals surface area contributed by atoms with Gasteiger partial charge in [-0.15, -0.1) is 24.8 Å². The molecule has 1 amide bonds. The number of ether oxygens (including phenoxy) is 2. The largest absolute Gasteiger partial charge is 0.481 e. The number of nitrogens with zero attached hydrogens (tertiary/aromatic N) is 7. The minimum atomic E-state index is -0.0755. The van der Waals surface area contributed by atoms with Gasteiger partial charge in [-0.3, -0.25) is 19.6 Å². The Hall–Kier alpha value is -3.83. The molecule has 2 aliphatic heterocycles. The van der Waals surface area contributed by atoms with Crippen molar-refractivity contribution in [2.45, 2.75) is 50.2 Å². The van der Waals surface area contributed by atoms with Gasteiger partial charge in [-0.25, -0.2) is 4.98 Å². The summed E-state index contributed by atoms with van der Waals surface area (Å²) in [6.07, 6.45) is 6.93. The number of aromatic nitrogens is 4. The van der Waals surface area contributed by atoms with Crippen molar-refractivity contribution in [3.63, 3.8) is 0 Å². The number of carbonyl (C=O) groups is 1. The van der Waals surface area contributed by atoms with Crippen molar-refractivity contribution in [2.75, 3.05) is 46.4 Å². The summed E-state index contributed by atoms with van der Waals surface area (Å²) < 4.78 is 12.0. The summed E-state index contributed by atoms with van der Waals surface area (Å²) in [6.45, 7) is 6.69. The van der Waals surface area contributed by atoms with E-state index < -0.39 is 0 Å². The molecule has 0 bridgehead atoms. The number of hydrogen-bond acceptors (Lipinski definition) is 9. The number of hydrogen-bond donors (Lipinski definition) is 0. The maximum absolute atomic E-state index is 13.5. The Balaban J connectivity index is 0.00000225.